The van der Waals surface area contributed by atoms with Crippen LogP contribution in [0.4, 0.5) is 0 Å². The Balaban J connectivity index is 1.63. The Hall–Kier alpha value is -4.38. The van der Waals surface area contributed by atoms with Crippen LogP contribution < -0.4 is 0 Å². The zero-order valence-corrected chi connectivity index (χ0v) is 19.9. The summed E-state index contributed by atoms with van der Waals surface area (Å²) in [5, 5.41) is 20.3. The highest BCUT2D eigenvalue weighted by Gasteiger charge is 2.17. The van der Waals surface area contributed by atoms with E-state index < -0.39 is 0 Å². The summed E-state index contributed by atoms with van der Waals surface area (Å²) < 4.78 is 6.84. The third-order valence-corrected chi connectivity index (χ3v) is 6.31. The highest BCUT2D eigenvalue weighted by Crippen LogP contribution is 2.41. The predicted octanol–water partition coefficient (Wildman–Crippen LogP) is 6.84. The number of para-hydroxylation sites is 1. The van der Waals surface area contributed by atoms with Crippen LogP contribution in [-0.2, 0) is 4.74 Å². The fourth-order valence-electron chi connectivity index (χ4n) is 4.64. The lowest BCUT2D eigenvalue weighted by Crippen LogP contribution is -2.06. The van der Waals surface area contributed by atoms with Crippen molar-refractivity contribution in [2.75, 3.05) is 6.61 Å². The molecule has 0 unspecified atom stereocenters. The quantitative estimate of drug-likeness (QED) is 0.177. The van der Waals surface area contributed by atoms with E-state index in [2.05, 4.69) is 35.4 Å². The van der Waals surface area contributed by atoms with Crippen LogP contribution in [0.25, 0.3) is 32.7 Å². The number of carbonyl (C=O) groups excluding carboxylic acids is 1. The molecule has 174 valence electrons. The minimum Gasteiger partial charge on any atom is -0.507 e. The van der Waals surface area contributed by atoms with E-state index in [0.29, 0.717) is 23.4 Å². The van der Waals surface area contributed by atoms with Gasteiger partial charge in [-0.25, -0.2) is 9.47 Å². The van der Waals surface area contributed by atoms with Crippen LogP contribution in [-0.4, -0.2) is 28.6 Å². The SMILES string of the molecule is CCOC(=O)c1cc(C)n(/N=C/c2cccc(-c3c4ccccc4cc4ccccc34)c2O)c1C. The second-order valence-corrected chi connectivity index (χ2v) is 8.50. The fourth-order valence-corrected chi connectivity index (χ4v) is 4.64. The summed E-state index contributed by atoms with van der Waals surface area (Å²) in [5.41, 5.74) is 4.30. The monoisotopic (exact) mass is 462 g/mol. The molecule has 5 rings (SSSR count). The molecule has 1 N–H and O–H groups in total. The lowest BCUT2D eigenvalue weighted by molar-refractivity contribution is 0.0525. The number of nitrogens with zero attached hydrogens (tertiary/aromatic N) is 2. The van der Waals surface area contributed by atoms with E-state index in [0.717, 1.165) is 38.4 Å². The van der Waals surface area contributed by atoms with Gasteiger partial charge in [-0.15, -0.1) is 0 Å². The van der Waals surface area contributed by atoms with Crippen LogP contribution in [0.15, 0.2) is 84.0 Å². The number of hydrogen-bond donors (Lipinski definition) is 1. The fraction of sp³-hybridized carbons (Fsp3) is 0.133. The Morgan fingerprint density at radius 1 is 0.943 bits per heavy atom. The molecule has 1 aromatic heterocycles. The number of carbonyl (C=O) groups is 1. The number of benzene rings is 4. The number of aromatic nitrogens is 1. The van der Waals surface area contributed by atoms with Crippen molar-refractivity contribution >= 4 is 33.7 Å². The molecule has 0 fully saturated rings. The summed E-state index contributed by atoms with van der Waals surface area (Å²) in [6.45, 7) is 5.81. The summed E-state index contributed by atoms with van der Waals surface area (Å²) in [6, 6.07) is 26.1. The standard InChI is InChI=1S/C30H26N2O3/c1-4-35-30(34)27-16-19(2)32(20(27)3)31-18-23-12-9-15-26(29(23)33)28-24-13-7-5-10-21(24)17-22-11-6-8-14-25(22)28/h5-18,33H,4H2,1-3H3/b31-18+. The van der Waals surface area contributed by atoms with E-state index in [1.807, 2.05) is 56.3 Å². The molecular formula is C30H26N2O3. The Bertz CT molecular complexity index is 1560. The van der Waals surface area contributed by atoms with Crippen LogP contribution in [0.2, 0.25) is 0 Å². The van der Waals surface area contributed by atoms with Gasteiger partial charge in [0.1, 0.15) is 5.75 Å². The van der Waals surface area contributed by atoms with Crippen molar-refractivity contribution in [3.8, 4) is 16.9 Å². The zero-order valence-electron chi connectivity index (χ0n) is 19.9. The van der Waals surface area contributed by atoms with Crippen LogP contribution in [0.5, 0.6) is 5.75 Å². The molecule has 1 heterocycles. The summed E-state index contributed by atoms with van der Waals surface area (Å²) in [4.78, 5) is 12.2. The van der Waals surface area contributed by atoms with Gasteiger partial charge in [0.15, 0.2) is 0 Å². The van der Waals surface area contributed by atoms with Gasteiger partial charge in [-0.05, 0) is 60.5 Å². The summed E-state index contributed by atoms with van der Waals surface area (Å²) >= 11 is 0. The third-order valence-electron chi connectivity index (χ3n) is 6.31. The lowest BCUT2D eigenvalue weighted by atomic mass is 9.91. The van der Waals surface area contributed by atoms with Gasteiger partial charge in [0.05, 0.1) is 24.1 Å². The van der Waals surface area contributed by atoms with Crippen LogP contribution in [0.3, 0.4) is 0 Å². The maximum Gasteiger partial charge on any atom is 0.340 e. The van der Waals surface area contributed by atoms with Gasteiger partial charge in [-0.3, -0.25) is 0 Å². The van der Waals surface area contributed by atoms with E-state index in [1.165, 1.54) is 0 Å². The van der Waals surface area contributed by atoms with Crippen molar-refractivity contribution in [3.63, 3.8) is 0 Å². The largest absolute Gasteiger partial charge is 0.507 e. The van der Waals surface area contributed by atoms with Crippen molar-refractivity contribution in [1.82, 2.24) is 4.68 Å². The van der Waals surface area contributed by atoms with Gasteiger partial charge >= 0.3 is 5.97 Å². The molecule has 0 amide bonds. The van der Waals surface area contributed by atoms with Gasteiger partial charge in [-0.2, -0.15) is 5.10 Å². The summed E-state index contributed by atoms with van der Waals surface area (Å²) in [5.74, 6) is -0.208. The van der Waals surface area contributed by atoms with E-state index in [9.17, 15) is 9.90 Å². The first-order valence-corrected chi connectivity index (χ1v) is 11.6. The number of ether oxygens (including phenoxy) is 1. The van der Waals surface area contributed by atoms with Gasteiger partial charge in [0, 0.05) is 22.4 Å². The van der Waals surface area contributed by atoms with Crippen molar-refractivity contribution in [3.05, 3.63) is 101 Å². The van der Waals surface area contributed by atoms with Gasteiger partial charge in [0.25, 0.3) is 0 Å². The van der Waals surface area contributed by atoms with Gasteiger partial charge in [-0.1, -0.05) is 60.7 Å². The van der Waals surface area contributed by atoms with Crippen LogP contribution in [0, 0.1) is 13.8 Å². The number of aromatic hydroxyl groups is 1. The molecule has 0 bridgehead atoms. The first-order chi connectivity index (χ1) is 17.0. The minimum absolute atomic E-state index is 0.158. The van der Waals surface area contributed by atoms with Crippen LogP contribution in [0.1, 0.15) is 34.2 Å². The molecule has 5 aromatic rings. The predicted molar refractivity (Wildman–Crippen MR) is 141 cm³/mol. The molecule has 0 atom stereocenters. The molecule has 0 radical (unpaired) electrons. The topological polar surface area (TPSA) is 63.8 Å². The van der Waals surface area contributed by atoms with Gasteiger partial charge < -0.3 is 9.84 Å². The second-order valence-electron chi connectivity index (χ2n) is 8.50. The maximum atomic E-state index is 12.2. The molecule has 5 heteroatoms. The molecular weight excluding hydrogens is 436 g/mol. The Morgan fingerprint density at radius 3 is 2.26 bits per heavy atom. The number of rotatable bonds is 5. The molecule has 0 aliphatic carbocycles. The van der Waals surface area contributed by atoms with E-state index in [1.54, 1.807) is 23.9 Å². The second kappa shape index (κ2) is 9.11. The molecule has 0 aliphatic heterocycles. The minimum atomic E-state index is -0.366. The third kappa shape index (κ3) is 3.95. The number of phenols is 1. The smallest absolute Gasteiger partial charge is 0.340 e. The molecule has 0 saturated heterocycles. The number of phenolic OH excluding ortho intramolecular Hbond substituents is 1. The highest BCUT2D eigenvalue weighted by atomic mass is 16.5. The number of hydrogen-bond acceptors (Lipinski definition) is 4. The summed E-state index contributed by atoms with van der Waals surface area (Å²) in [6.07, 6.45) is 1.63. The van der Waals surface area contributed by atoms with Crippen molar-refractivity contribution < 1.29 is 14.6 Å². The molecule has 5 nitrogen and oxygen atoms in total. The first-order valence-electron chi connectivity index (χ1n) is 11.6. The van der Waals surface area contributed by atoms with E-state index >= 15 is 0 Å². The van der Waals surface area contributed by atoms with Crippen molar-refractivity contribution in [1.29, 1.82) is 0 Å². The molecule has 0 saturated carbocycles. The number of aryl methyl sites for hydroxylation is 1. The average Bonchev–Trinajstić information content (AvgIpc) is 3.15. The van der Waals surface area contributed by atoms with Crippen LogP contribution >= 0.6 is 0 Å². The highest BCUT2D eigenvalue weighted by molar-refractivity contribution is 6.14. The first kappa shape index (κ1) is 22.4. The van der Waals surface area contributed by atoms with E-state index in [-0.39, 0.29) is 11.7 Å². The average molecular weight is 463 g/mol. The Labute approximate surface area is 203 Å². The molecule has 35 heavy (non-hydrogen) atoms. The number of fused-ring (bicyclic) bond motifs is 2. The van der Waals surface area contributed by atoms with Crippen molar-refractivity contribution in [2.24, 2.45) is 5.10 Å². The molecule has 0 spiro atoms. The number of esters is 1. The van der Waals surface area contributed by atoms with Gasteiger partial charge in [0.2, 0.25) is 0 Å². The van der Waals surface area contributed by atoms with E-state index in [4.69, 9.17) is 4.74 Å². The Morgan fingerprint density at radius 2 is 1.60 bits per heavy atom. The zero-order chi connectivity index (χ0) is 24.5. The summed E-state index contributed by atoms with van der Waals surface area (Å²) in [7, 11) is 0. The lowest BCUT2D eigenvalue weighted by Gasteiger charge is -2.14. The Kier molecular flexibility index (Phi) is 5.83. The normalized spacial score (nSPS) is 11.5. The van der Waals surface area contributed by atoms with Crippen molar-refractivity contribution in [2.45, 2.75) is 20.8 Å². The molecule has 0 aliphatic rings. The maximum absolute atomic E-state index is 12.2. The molecule has 4 aromatic carbocycles.